The fraction of sp³-hybridized carbons (Fsp3) is 0.733. The van der Waals surface area contributed by atoms with Gasteiger partial charge in [0.25, 0.3) is 0 Å². The number of nitrogens with zero attached hydrogens (tertiary/aromatic N) is 1. The molecule has 2 heterocycles. The number of piperidine rings is 1. The molecule has 1 fully saturated rings. The highest BCUT2D eigenvalue weighted by Crippen LogP contribution is 2.40. The number of likely N-dealkylation sites (tertiary alicyclic amines) is 1. The van der Waals surface area contributed by atoms with Crippen LogP contribution >= 0.6 is 27.3 Å². The average molecular weight is 345 g/mol. The number of nitrogens with two attached hydrogens (primary N) is 1. The van der Waals surface area contributed by atoms with Crippen LogP contribution in [-0.2, 0) is 0 Å². The minimum absolute atomic E-state index is 0.406. The smallest absolute Gasteiger partial charge is 0.0564 e. The molecule has 1 saturated heterocycles. The Balaban J connectivity index is 2.03. The lowest BCUT2D eigenvalue weighted by Gasteiger charge is -2.43. The Bertz CT molecular complexity index is 391. The second-order valence-corrected chi connectivity index (χ2v) is 7.52. The highest BCUT2D eigenvalue weighted by molar-refractivity contribution is 9.10. The van der Waals surface area contributed by atoms with Crippen molar-refractivity contribution in [3.63, 3.8) is 0 Å². The van der Waals surface area contributed by atoms with Crippen LogP contribution in [0.1, 0.15) is 50.4 Å². The molecule has 108 valence electrons. The first-order chi connectivity index (χ1) is 9.14. The Labute approximate surface area is 129 Å². The Morgan fingerprint density at radius 3 is 2.42 bits per heavy atom. The molecule has 1 aliphatic heterocycles. The van der Waals surface area contributed by atoms with Crippen molar-refractivity contribution in [3.8, 4) is 0 Å². The van der Waals surface area contributed by atoms with Gasteiger partial charge in [0.15, 0.2) is 0 Å². The van der Waals surface area contributed by atoms with E-state index in [0.29, 0.717) is 11.5 Å². The standard InChI is InChI=1S/C15H25BrN2S/c1-3-15(4-2)5-7-18(8-6-15)13(10-17)14-9-12(16)11-19-14/h9,11,13H,3-8,10,17H2,1-2H3. The molecule has 0 aromatic carbocycles. The van der Waals surface area contributed by atoms with Gasteiger partial charge in [-0.3, -0.25) is 4.90 Å². The molecule has 2 rings (SSSR count). The van der Waals surface area contributed by atoms with Crippen molar-refractivity contribution in [1.29, 1.82) is 0 Å². The van der Waals surface area contributed by atoms with Crippen LogP contribution in [0.25, 0.3) is 0 Å². The molecule has 0 amide bonds. The minimum atomic E-state index is 0.406. The Hall–Kier alpha value is 0.1000. The molecule has 1 aromatic heterocycles. The maximum atomic E-state index is 6.03. The molecule has 19 heavy (non-hydrogen) atoms. The maximum absolute atomic E-state index is 6.03. The zero-order valence-corrected chi connectivity index (χ0v) is 14.4. The monoisotopic (exact) mass is 344 g/mol. The highest BCUT2D eigenvalue weighted by atomic mass is 79.9. The molecule has 0 bridgehead atoms. The van der Waals surface area contributed by atoms with Gasteiger partial charge in [-0.1, -0.05) is 26.7 Å². The Morgan fingerprint density at radius 2 is 2.00 bits per heavy atom. The summed E-state index contributed by atoms with van der Waals surface area (Å²) in [6, 6.07) is 2.63. The SMILES string of the molecule is CCC1(CC)CCN(C(CN)c2cc(Br)cs2)CC1. The maximum Gasteiger partial charge on any atom is 0.0564 e. The molecule has 1 aliphatic rings. The predicted octanol–water partition coefficient (Wildman–Crippen LogP) is 4.41. The van der Waals surface area contributed by atoms with Crippen LogP contribution in [0.2, 0.25) is 0 Å². The molecule has 2 nitrogen and oxygen atoms in total. The van der Waals surface area contributed by atoms with E-state index >= 15 is 0 Å². The average Bonchev–Trinajstić information content (AvgIpc) is 2.87. The van der Waals surface area contributed by atoms with E-state index in [9.17, 15) is 0 Å². The molecule has 0 spiro atoms. The number of halogens is 1. The lowest BCUT2D eigenvalue weighted by molar-refractivity contribution is 0.0690. The zero-order chi connectivity index (χ0) is 13.9. The van der Waals surface area contributed by atoms with Gasteiger partial charge in [0.05, 0.1) is 6.04 Å². The number of thiophene rings is 1. The van der Waals surface area contributed by atoms with Gasteiger partial charge >= 0.3 is 0 Å². The molecule has 4 heteroatoms. The normalized spacial score (nSPS) is 21.5. The first-order valence-electron chi connectivity index (χ1n) is 7.32. The van der Waals surface area contributed by atoms with Crippen LogP contribution in [0.4, 0.5) is 0 Å². The van der Waals surface area contributed by atoms with E-state index in [1.807, 2.05) is 11.3 Å². The fourth-order valence-electron chi connectivity index (χ4n) is 3.22. The summed E-state index contributed by atoms with van der Waals surface area (Å²) >= 11 is 5.36. The summed E-state index contributed by atoms with van der Waals surface area (Å²) in [7, 11) is 0. The van der Waals surface area contributed by atoms with Gasteiger partial charge in [0, 0.05) is 21.3 Å². The number of rotatable bonds is 5. The third kappa shape index (κ3) is 3.41. The van der Waals surface area contributed by atoms with Gasteiger partial charge in [0.2, 0.25) is 0 Å². The number of hydrogen-bond acceptors (Lipinski definition) is 3. The summed E-state index contributed by atoms with van der Waals surface area (Å²) in [4.78, 5) is 3.98. The van der Waals surface area contributed by atoms with Crippen molar-refractivity contribution in [2.75, 3.05) is 19.6 Å². The zero-order valence-electron chi connectivity index (χ0n) is 12.0. The lowest BCUT2D eigenvalue weighted by Crippen LogP contribution is -2.43. The second kappa shape index (κ2) is 6.70. The van der Waals surface area contributed by atoms with E-state index in [0.717, 1.165) is 6.54 Å². The van der Waals surface area contributed by atoms with E-state index in [1.165, 1.54) is 48.1 Å². The van der Waals surface area contributed by atoms with Crippen LogP contribution in [0.3, 0.4) is 0 Å². The van der Waals surface area contributed by atoms with Crippen molar-refractivity contribution in [2.45, 2.75) is 45.6 Å². The second-order valence-electron chi connectivity index (χ2n) is 5.66. The van der Waals surface area contributed by atoms with Crippen LogP contribution in [0.5, 0.6) is 0 Å². The van der Waals surface area contributed by atoms with Crippen molar-refractivity contribution in [2.24, 2.45) is 11.1 Å². The van der Waals surface area contributed by atoms with Gasteiger partial charge in [-0.2, -0.15) is 0 Å². The van der Waals surface area contributed by atoms with E-state index in [4.69, 9.17) is 5.73 Å². The van der Waals surface area contributed by atoms with Crippen LogP contribution in [0, 0.1) is 5.41 Å². The molecule has 1 atom stereocenters. The summed E-state index contributed by atoms with van der Waals surface area (Å²) in [5, 5.41) is 2.16. The molecule has 0 saturated carbocycles. The molecule has 1 unspecified atom stereocenters. The molecule has 0 radical (unpaired) electrons. The summed E-state index contributed by atoms with van der Waals surface area (Å²) in [5.41, 5.74) is 6.62. The minimum Gasteiger partial charge on any atom is -0.329 e. The fourth-order valence-corrected chi connectivity index (χ4v) is 4.81. The van der Waals surface area contributed by atoms with Crippen molar-refractivity contribution >= 4 is 27.3 Å². The van der Waals surface area contributed by atoms with Gasteiger partial charge < -0.3 is 5.73 Å². The Kier molecular flexibility index (Phi) is 5.46. The predicted molar refractivity (Wildman–Crippen MR) is 87.6 cm³/mol. The van der Waals surface area contributed by atoms with Crippen molar-refractivity contribution in [3.05, 3.63) is 20.8 Å². The first-order valence-corrected chi connectivity index (χ1v) is 8.99. The molecular weight excluding hydrogens is 320 g/mol. The van der Waals surface area contributed by atoms with Crippen molar-refractivity contribution in [1.82, 2.24) is 4.90 Å². The molecular formula is C15H25BrN2S. The Morgan fingerprint density at radius 1 is 1.37 bits per heavy atom. The number of hydrogen-bond donors (Lipinski definition) is 1. The molecule has 2 N–H and O–H groups in total. The summed E-state index contributed by atoms with van der Waals surface area (Å²) in [6.45, 7) is 7.79. The van der Waals surface area contributed by atoms with Gasteiger partial charge in [-0.15, -0.1) is 11.3 Å². The van der Waals surface area contributed by atoms with Gasteiger partial charge in [0.1, 0.15) is 0 Å². The topological polar surface area (TPSA) is 29.3 Å². The lowest BCUT2D eigenvalue weighted by atomic mass is 9.74. The van der Waals surface area contributed by atoms with Gasteiger partial charge in [-0.05, 0) is 53.3 Å². The quantitative estimate of drug-likeness (QED) is 0.856. The van der Waals surface area contributed by atoms with E-state index in [-0.39, 0.29) is 0 Å². The van der Waals surface area contributed by atoms with Crippen LogP contribution < -0.4 is 5.73 Å². The van der Waals surface area contributed by atoms with Crippen LogP contribution in [0.15, 0.2) is 15.9 Å². The summed E-state index contributed by atoms with van der Waals surface area (Å²) in [6.07, 6.45) is 5.27. The van der Waals surface area contributed by atoms with Crippen LogP contribution in [-0.4, -0.2) is 24.5 Å². The third-order valence-electron chi connectivity index (χ3n) is 4.94. The van der Waals surface area contributed by atoms with E-state index in [1.54, 1.807) is 0 Å². The largest absolute Gasteiger partial charge is 0.329 e. The summed E-state index contributed by atoms with van der Waals surface area (Å²) < 4.78 is 1.18. The summed E-state index contributed by atoms with van der Waals surface area (Å²) in [5.74, 6) is 0. The van der Waals surface area contributed by atoms with E-state index in [2.05, 4.69) is 46.1 Å². The van der Waals surface area contributed by atoms with Crippen molar-refractivity contribution < 1.29 is 0 Å². The van der Waals surface area contributed by atoms with E-state index < -0.39 is 0 Å². The molecule has 1 aromatic rings. The van der Waals surface area contributed by atoms with Gasteiger partial charge in [-0.25, -0.2) is 0 Å². The third-order valence-corrected chi connectivity index (χ3v) is 6.73. The first kappa shape index (κ1) is 15.5. The molecule has 0 aliphatic carbocycles. The highest BCUT2D eigenvalue weighted by Gasteiger charge is 2.33.